The van der Waals surface area contributed by atoms with Gasteiger partial charge in [-0.3, -0.25) is 19.2 Å². The topological polar surface area (TPSA) is 176 Å². The van der Waals surface area contributed by atoms with Crippen LogP contribution in [0.15, 0.2) is 24.3 Å². The first-order valence-electron chi connectivity index (χ1n) is 23.0. The van der Waals surface area contributed by atoms with E-state index in [1.54, 1.807) is 0 Å². The van der Waals surface area contributed by atoms with Gasteiger partial charge in [0.05, 0.1) is 12.3 Å². The Labute approximate surface area is 360 Å². The molecule has 0 aromatic rings. The zero-order chi connectivity index (χ0) is 43.9. The minimum Gasteiger partial charge on any atom is -0.481 e. The quantitative estimate of drug-likeness (QED) is 0.0197. The average molecular weight is 853 g/mol. The molecule has 2 atom stereocenters. The molecule has 0 bridgehead atoms. The molecule has 0 aromatic heterocycles. The lowest BCUT2D eigenvalue weighted by molar-refractivity contribution is -0.162. The van der Waals surface area contributed by atoms with Gasteiger partial charge in [0, 0.05) is 52.0 Å². The summed E-state index contributed by atoms with van der Waals surface area (Å²) in [7, 11) is 0. The number of carbonyl (C=O) groups is 5. The van der Waals surface area contributed by atoms with Crippen molar-refractivity contribution in [3.8, 4) is 0 Å². The minimum absolute atomic E-state index is 0.0182. The number of alkyl carbamates (subject to hydrolysis) is 1. The number of unbranched alkanes of at least 4 members (excludes halogenated alkanes) is 7. The molecule has 14 heteroatoms. The molecular formula is C46H80N2O12. The van der Waals surface area contributed by atoms with Gasteiger partial charge in [-0.15, -0.1) is 0 Å². The fraction of sp³-hybridized carbons (Fsp3) is 0.804. The molecule has 1 saturated heterocycles. The van der Waals surface area contributed by atoms with E-state index in [1.807, 2.05) is 6.92 Å². The van der Waals surface area contributed by atoms with Crippen LogP contribution in [0.4, 0.5) is 4.79 Å². The minimum atomic E-state index is -0.880. The maximum atomic E-state index is 13.0. The van der Waals surface area contributed by atoms with Gasteiger partial charge < -0.3 is 43.7 Å². The lowest BCUT2D eigenvalue weighted by Crippen LogP contribution is -2.35. The smallest absolute Gasteiger partial charge is 0.407 e. The number of ether oxygens (including phenoxy) is 6. The Kier molecular flexibility index (Phi) is 34.9. The van der Waals surface area contributed by atoms with Crippen LogP contribution >= 0.6 is 0 Å². The van der Waals surface area contributed by atoms with E-state index in [0.29, 0.717) is 58.3 Å². The molecule has 0 radical (unpaired) electrons. The molecule has 0 aliphatic carbocycles. The third-order valence-corrected chi connectivity index (χ3v) is 9.96. The summed E-state index contributed by atoms with van der Waals surface area (Å²) in [5, 5.41) is 11.7. The van der Waals surface area contributed by atoms with Crippen LogP contribution < -0.4 is 5.32 Å². The van der Waals surface area contributed by atoms with Crippen LogP contribution in [0, 0.1) is 5.92 Å². The molecule has 0 aromatic carbocycles. The van der Waals surface area contributed by atoms with Crippen molar-refractivity contribution in [3.05, 3.63) is 24.3 Å². The number of allylic oxidation sites excluding steroid dienone is 4. The maximum absolute atomic E-state index is 13.0. The number of carbonyl (C=O) groups excluding carboxylic acids is 4. The Morgan fingerprint density at radius 1 is 0.633 bits per heavy atom. The van der Waals surface area contributed by atoms with Gasteiger partial charge in [0.15, 0.2) is 6.29 Å². The molecule has 2 N–H and O–H groups in total. The molecule has 1 amide bonds. The van der Waals surface area contributed by atoms with Gasteiger partial charge in [-0.1, -0.05) is 64.3 Å². The van der Waals surface area contributed by atoms with Gasteiger partial charge in [-0.25, -0.2) is 4.79 Å². The summed E-state index contributed by atoms with van der Waals surface area (Å²) in [5.41, 5.74) is 0. The fourth-order valence-corrected chi connectivity index (χ4v) is 6.38. The molecule has 1 rings (SSSR count). The average Bonchev–Trinajstić information content (AvgIpc) is 3.75. The summed E-state index contributed by atoms with van der Waals surface area (Å²) >= 11 is 0. The summed E-state index contributed by atoms with van der Waals surface area (Å²) in [6, 6.07) is 0. The van der Waals surface area contributed by atoms with E-state index in [4.69, 9.17) is 33.5 Å². The van der Waals surface area contributed by atoms with E-state index >= 15 is 0 Å². The van der Waals surface area contributed by atoms with Crippen LogP contribution in [0.25, 0.3) is 0 Å². The van der Waals surface area contributed by atoms with Crippen molar-refractivity contribution in [2.24, 2.45) is 5.92 Å². The number of carboxylic acid groups (broad SMARTS) is 1. The molecule has 1 fully saturated rings. The van der Waals surface area contributed by atoms with Crippen molar-refractivity contribution in [1.82, 2.24) is 10.2 Å². The molecule has 0 spiro atoms. The number of hydrogen-bond donors (Lipinski definition) is 2. The number of aliphatic carboxylic acids is 1. The Morgan fingerprint density at radius 3 is 1.73 bits per heavy atom. The predicted octanol–water partition coefficient (Wildman–Crippen LogP) is 8.84. The Balaban J connectivity index is 2.71. The second kappa shape index (κ2) is 38.4. The highest BCUT2D eigenvalue weighted by molar-refractivity contribution is 5.71. The molecule has 60 heavy (non-hydrogen) atoms. The van der Waals surface area contributed by atoms with Gasteiger partial charge in [-0.2, -0.15) is 0 Å². The summed E-state index contributed by atoms with van der Waals surface area (Å²) < 4.78 is 34.4. The second-order valence-corrected chi connectivity index (χ2v) is 15.5. The largest absolute Gasteiger partial charge is 0.481 e. The molecule has 1 aliphatic heterocycles. The van der Waals surface area contributed by atoms with Crippen molar-refractivity contribution in [2.45, 2.75) is 174 Å². The highest BCUT2D eigenvalue weighted by Crippen LogP contribution is 2.15. The number of likely N-dealkylation sites (tertiary alicyclic amines) is 1. The number of esters is 3. The van der Waals surface area contributed by atoms with Crippen LogP contribution in [0.5, 0.6) is 0 Å². The number of nitrogens with one attached hydrogen (secondary N) is 1. The molecular weight excluding hydrogens is 773 g/mol. The lowest BCUT2D eigenvalue weighted by atomic mass is 10.1. The molecule has 0 saturated carbocycles. The van der Waals surface area contributed by atoms with E-state index in [1.165, 1.54) is 12.8 Å². The summed E-state index contributed by atoms with van der Waals surface area (Å²) in [6.07, 6.45) is 22.0. The van der Waals surface area contributed by atoms with Gasteiger partial charge in [0.1, 0.15) is 25.9 Å². The molecule has 1 heterocycles. The first-order valence-corrected chi connectivity index (χ1v) is 23.0. The number of hydrogen-bond acceptors (Lipinski definition) is 12. The van der Waals surface area contributed by atoms with E-state index < -0.39 is 48.3 Å². The number of amides is 1. The van der Waals surface area contributed by atoms with Crippen molar-refractivity contribution in [1.29, 1.82) is 0 Å². The van der Waals surface area contributed by atoms with Crippen molar-refractivity contribution < 1.29 is 57.5 Å². The third kappa shape index (κ3) is 33.3. The van der Waals surface area contributed by atoms with Crippen LogP contribution in [0.1, 0.15) is 162 Å². The second-order valence-electron chi connectivity index (χ2n) is 15.5. The monoisotopic (exact) mass is 853 g/mol. The van der Waals surface area contributed by atoms with Gasteiger partial charge in [-0.05, 0) is 103 Å². The van der Waals surface area contributed by atoms with E-state index in [2.05, 4.69) is 48.4 Å². The molecule has 14 nitrogen and oxygen atoms in total. The lowest BCUT2D eigenvalue weighted by Gasteiger charge is -2.20. The highest BCUT2D eigenvalue weighted by Gasteiger charge is 2.21. The Bertz CT molecular complexity index is 1170. The molecule has 1 aliphatic rings. The third-order valence-electron chi connectivity index (χ3n) is 9.96. The SMILES string of the molecule is CC/C=C\CCCCOC(CCC(=O)OCC(COC(=O)CCCCCC(=O)O)COC(=O)CCC(CCCC)OC(=O)NCCN1CCCC1)OCCCC/C=C\CC. The van der Waals surface area contributed by atoms with Gasteiger partial charge in [0.2, 0.25) is 0 Å². The summed E-state index contributed by atoms with van der Waals surface area (Å²) in [4.78, 5) is 64.0. The maximum Gasteiger partial charge on any atom is 0.407 e. The van der Waals surface area contributed by atoms with E-state index in [-0.39, 0.29) is 45.5 Å². The first-order chi connectivity index (χ1) is 29.2. The van der Waals surface area contributed by atoms with E-state index in [0.717, 1.165) is 83.8 Å². The van der Waals surface area contributed by atoms with Crippen molar-refractivity contribution in [3.63, 3.8) is 0 Å². The summed E-state index contributed by atoms with van der Waals surface area (Å²) in [6.45, 7) is 10.3. The molecule has 2 unspecified atom stereocenters. The zero-order valence-corrected chi connectivity index (χ0v) is 37.3. The predicted molar refractivity (Wildman–Crippen MR) is 231 cm³/mol. The van der Waals surface area contributed by atoms with Crippen LogP contribution in [0.3, 0.4) is 0 Å². The van der Waals surface area contributed by atoms with Crippen molar-refractivity contribution >= 4 is 30.0 Å². The molecule has 346 valence electrons. The Hall–Kier alpha value is -3.49. The number of carboxylic acids is 1. The first kappa shape index (κ1) is 54.5. The van der Waals surface area contributed by atoms with Crippen LogP contribution in [-0.4, -0.2) is 112 Å². The number of nitrogens with zero attached hydrogens (tertiary/aromatic N) is 1. The highest BCUT2D eigenvalue weighted by atomic mass is 16.7. The normalized spacial score (nSPS) is 14.1. The van der Waals surface area contributed by atoms with Gasteiger partial charge >= 0.3 is 30.0 Å². The van der Waals surface area contributed by atoms with Crippen LogP contribution in [-0.2, 0) is 47.6 Å². The van der Waals surface area contributed by atoms with Crippen molar-refractivity contribution in [2.75, 3.05) is 59.2 Å². The zero-order valence-electron chi connectivity index (χ0n) is 37.3. The fourth-order valence-electron chi connectivity index (χ4n) is 6.38. The summed E-state index contributed by atoms with van der Waals surface area (Å²) in [5.74, 6) is -2.94. The standard InChI is InChI=1S/C46H80N2O12/c1-4-7-10-12-14-21-34-55-45(56-35-22-15-13-11-8-5-2)29-28-44(53)59-38-39(36-57-42(51)25-18-16-17-24-41(49)50)37-58-43(52)27-26-40(23-9-6-3)60-46(54)47-30-33-48-31-19-20-32-48/h7-8,10-11,39-40,45H,4-6,9,12-38H2,1-3H3,(H,47,54)(H,49,50)/b10-7-,11-8-. The number of rotatable bonds is 39. The van der Waals surface area contributed by atoms with Gasteiger partial charge in [0.25, 0.3) is 0 Å². The Morgan fingerprint density at radius 2 is 1.18 bits per heavy atom. The van der Waals surface area contributed by atoms with E-state index in [9.17, 15) is 24.0 Å². The van der Waals surface area contributed by atoms with Crippen LogP contribution in [0.2, 0.25) is 0 Å².